The van der Waals surface area contributed by atoms with E-state index >= 15 is 0 Å². The fraction of sp³-hybridized carbons (Fsp3) is 0.929. The van der Waals surface area contributed by atoms with Gasteiger partial charge < -0.3 is 5.11 Å². The Morgan fingerprint density at radius 3 is 2.71 bits per heavy atom. The summed E-state index contributed by atoms with van der Waals surface area (Å²) in [6.45, 7) is 8.44. The highest BCUT2D eigenvalue weighted by Gasteiger charge is 2.46. The number of hydrogen-bond acceptors (Lipinski definition) is 2. The van der Waals surface area contributed by atoms with Crippen molar-refractivity contribution in [3.05, 3.63) is 0 Å². The maximum atomic E-state index is 11.6. The van der Waals surface area contributed by atoms with Gasteiger partial charge in [0.2, 0.25) is 0 Å². The molecule has 0 aromatic heterocycles. The van der Waals surface area contributed by atoms with Gasteiger partial charge in [-0.2, -0.15) is 0 Å². The van der Waals surface area contributed by atoms with Crippen molar-refractivity contribution in [1.82, 2.24) is 4.90 Å². The highest BCUT2D eigenvalue weighted by atomic mass is 16.4. The monoisotopic (exact) mass is 241 g/mol. The van der Waals surface area contributed by atoms with Gasteiger partial charge in [0.15, 0.2) is 0 Å². The van der Waals surface area contributed by atoms with Crippen molar-refractivity contribution in [3.8, 4) is 0 Å². The zero-order valence-electron chi connectivity index (χ0n) is 11.5. The van der Waals surface area contributed by atoms with Crippen LogP contribution in [0.1, 0.15) is 59.3 Å². The number of hydrogen-bond donors (Lipinski definition) is 1. The standard InChI is InChI=1S/C14H27NO2/c1-4-8-14(13(16)17)9-6-11-15(14)10-5-7-12(2)3/h12H,4-11H2,1-3H3,(H,16,17). The third kappa shape index (κ3) is 3.44. The SMILES string of the molecule is CCCC1(C(=O)O)CCCN1CCCC(C)C. The number of likely N-dealkylation sites (tertiary alicyclic amines) is 1. The first-order valence-corrected chi connectivity index (χ1v) is 7.01. The molecule has 1 unspecified atom stereocenters. The summed E-state index contributed by atoms with van der Waals surface area (Å²) < 4.78 is 0. The zero-order chi connectivity index (χ0) is 12.9. The minimum Gasteiger partial charge on any atom is -0.480 e. The molecule has 1 saturated heterocycles. The second-order valence-corrected chi connectivity index (χ2v) is 5.71. The lowest BCUT2D eigenvalue weighted by molar-refractivity contribution is -0.150. The summed E-state index contributed by atoms with van der Waals surface area (Å²) in [6, 6.07) is 0. The quantitative estimate of drug-likeness (QED) is 0.744. The normalized spacial score (nSPS) is 25.6. The largest absolute Gasteiger partial charge is 0.480 e. The summed E-state index contributed by atoms with van der Waals surface area (Å²) in [5, 5.41) is 9.53. The fourth-order valence-electron chi connectivity index (χ4n) is 3.00. The Labute approximate surface area is 105 Å². The molecule has 3 nitrogen and oxygen atoms in total. The highest BCUT2D eigenvalue weighted by Crippen LogP contribution is 2.34. The van der Waals surface area contributed by atoms with Crippen LogP contribution >= 0.6 is 0 Å². The van der Waals surface area contributed by atoms with Gasteiger partial charge in [-0.3, -0.25) is 9.69 Å². The van der Waals surface area contributed by atoms with Gasteiger partial charge in [-0.25, -0.2) is 0 Å². The van der Waals surface area contributed by atoms with Crippen molar-refractivity contribution in [2.75, 3.05) is 13.1 Å². The highest BCUT2D eigenvalue weighted by molar-refractivity contribution is 5.79. The molecule has 0 radical (unpaired) electrons. The van der Waals surface area contributed by atoms with Gasteiger partial charge in [0, 0.05) is 0 Å². The zero-order valence-corrected chi connectivity index (χ0v) is 11.5. The van der Waals surface area contributed by atoms with E-state index in [0.29, 0.717) is 5.92 Å². The molecule has 0 amide bonds. The average Bonchev–Trinajstić information content (AvgIpc) is 2.63. The van der Waals surface area contributed by atoms with E-state index in [0.717, 1.165) is 45.2 Å². The molecule has 3 heteroatoms. The van der Waals surface area contributed by atoms with Crippen LogP contribution in [0.3, 0.4) is 0 Å². The first kappa shape index (κ1) is 14.5. The molecule has 0 spiro atoms. The van der Waals surface area contributed by atoms with Crippen LogP contribution in [0.15, 0.2) is 0 Å². The van der Waals surface area contributed by atoms with Gasteiger partial charge in [-0.1, -0.05) is 27.2 Å². The van der Waals surface area contributed by atoms with Crippen LogP contribution in [0.4, 0.5) is 0 Å². The van der Waals surface area contributed by atoms with Crippen molar-refractivity contribution in [2.45, 2.75) is 64.8 Å². The minimum absolute atomic E-state index is 0.550. The van der Waals surface area contributed by atoms with E-state index in [9.17, 15) is 9.90 Å². The predicted octanol–water partition coefficient (Wildman–Crippen LogP) is 3.14. The van der Waals surface area contributed by atoms with Gasteiger partial charge >= 0.3 is 5.97 Å². The number of aliphatic carboxylic acids is 1. The number of carboxylic acids is 1. The van der Waals surface area contributed by atoms with Gasteiger partial charge in [0.05, 0.1) is 0 Å². The van der Waals surface area contributed by atoms with Crippen LogP contribution in [-0.4, -0.2) is 34.6 Å². The summed E-state index contributed by atoms with van der Waals surface area (Å²) in [6.07, 6.45) is 5.93. The molecule has 1 heterocycles. The van der Waals surface area contributed by atoms with Gasteiger partial charge in [-0.05, 0) is 51.1 Å². The Kier molecular flexibility index (Phi) is 5.44. The second kappa shape index (κ2) is 6.39. The lowest BCUT2D eigenvalue weighted by Crippen LogP contribution is -2.50. The fourth-order valence-corrected chi connectivity index (χ4v) is 3.00. The number of rotatable bonds is 7. The van der Waals surface area contributed by atoms with E-state index in [2.05, 4.69) is 25.7 Å². The molecule has 0 saturated carbocycles. The number of carbonyl (C=O) groups is 1. The van der Waals surface area contributed by atoms with Gasteiger partial charge in [0.25, 0.3) is 0 Å². The summed E-state index contributed by atoms with van der Waals surface area (Å²) in [5.74, 6) is 0.101. The van der Waals surface area contributed by atoms with Crippen LogP contribution in [0.25, 0.3) is 0 Å². The van der Waals surface area contributed by atoms with Gasteiger partial charge in [-0.15, -0.1) is 0 Å². The molecule has 0 aromatic carbocycles. The lowest BCUT2D eigenvalue weighted by Gasteiger charge is -2.34. The van der Waals surface area contributed by atoms with Crippen molar-refractivity contribution in [3.63, 3.8) is 0 Å². The molecule has 1 rings (SSSR count). The van der Waals surface area contributed by atoms with Crippen molar-refractivity contribution in [1.29, 1.82) is 0 Å². The van der Waals surface area contributed by atoms with Crippen LogP contribution in [0.5, 0.6) is 0 Å². The van der Waals surface area contributed by atoms with E-state index in [-0.39, 0.29) is 0 Å². The Bertz CT molecular complexity index is 253. The van der Waals surface area contributed by atoms with E-state index in [1.54, 1.807) is 0 Å². The van der Waals surface area contributed by atoms with E-state index in [4.69, 9.17) is 0 Å². The number of nitrogens with zero attached hydrogens (tertiary/aromatic N) is 1. The molecule has 0 bridgehead atoms. The molecule has 1 fully saturated rings. The van der Waals surface area contributed by atoms with Crippen LogP contribution in [-0.2, 0) is 4.79 Å². The third-order valence-corrected chi connectivity index (χ3v) is 3.89. The lowest BCUT2D eigenvalue weighted by atomic mass is 9.90. The summed E-state index contributed by atoms with van der Waals surface area (Å²) in [7, 11) is 0. The van der Waals surface area contributed by atoms with Crippen molar-refractivity contribution < 1.29 is 9.90 Å². The Balaban J connectivity index is 2.59. The average molecular weight is 241 g/mol. The molecular formula is C14H27NO2. The molecule has 1 aliphatic heterocycles. The van der Waals surface area contributed by atoms with Crippen LogP contribution in [0, 0.1) is 5.92 Å². The van der Waals surface area contributed by atoms with Crippen LogP contribution in [0.2, 0.25) is 0 Å². The molecular weight excluding hydrogens is 214 g/mol. The topological polar surface area (TPSA) is 40.5 Å². The smallest absolute Gasteiger partial charge is 0.324 e. The summed E-state index contributed by atoms with van der Waals surface area (Å²) >= 11 is 0. The third-order valence-electron chi connectivity index (χ3n) is 3.89. The second-order valence-electron chi connectivity index (χ2n) is 5.71. The van der Waals surface area contributed by atoms with Crippen molar-refractivity contribution in [2.24, 2.45) is 5.92 Å². The minimum atomic E-state index is -0.610. The maximum absolute atomic E-state index is 11.6. The molecule has 1 atom stereocenters. The Hall–Kier alpha value is -0.570. The predicted molar refractivity (Wildman–Crippen MR) is 70.2 cm³/mol. The maximum Gasteiger partial charge on any atom is 0.324 e. The first-order chi connectivity index (χ1) is 8.03. The molecule has 0 aliphatic carbocycles. The van der Waals surface area contributed by atoms with E-state index < -0.39 is 11.5 Å². The van der Waals surface area contributed by atoms with Crippen LogP contribution < -0.4 is 0 Å². The Morgan fingerprint density at radius 1 is 1.47 bits per heavy atom. The summed E-state index contributed by atoms with van der Waals surface area (Å²) in [5.41, 5.74) is -0.550. The Morgan fingerprint density at radius 2 is 2.18 bits per heavy atom. The van der Waals surface area contributed by atoms with E-state index in [1.165, 1.54) is 6.42 Å². The van der Waals surface area contributed by atoms with Gasteiger partial charge in [0.1, 0.15) is 5.54 Å². The molecule has 100 valence electrons. The molecule has 0 aromatic rings. The number of carboxylic acid groups (broad SMARTS) is 1. The molecule has 17 heavy (non-hydrogen) atoms. The van der Waals surface area contributed by atoms with Crippen molar-refractivity contribution >= 4 is 5.97 Å². The molecule has 1 N–H and O–H groups in total. The van der Waals surface area contributed by atoms with E-state index in [1.807, 2.05) is 0 Å². The molecule has 1 aliphatic rings. The summed E-state index contributed by atoms with van der Waals surface area (Å²) in [4.78, 5) is 13.8. The first-order valence-electron chi connectivity index (χ1n) is 7.01.